The number of benzene rings is 2. The third kappa shape index (κ3) is 5.23. The normalized spacial score (nSPS) is 12.1. The standard InChI is InChI=1S/C22H29NO/c1-6-22(4,5)19-9-11-20(12-10-19)23-15-18-7-13-21(14-8-18)24-16-17(2)3/h7-15,17H,6,16H2,1-5H3. The number of rotatable bonds is 7. The van der Waals surface area contributed by atoms with E-state index in [1.807, 2.05) is 30.5 Å². The molecule has 0 bridgehead atoms. The Morgan fingerprint density at radius 2 is 1.62 bits per heavy atom. The highest BCUT2D eigenvalue weighted by atomic mass is 16.5. The van der Waals surface area contributed by atoms with Gasteiger partial charge in [0.1, 0.15) is 5.75 Å². The van der Waals surface area contributed by atoms with Crippen molar-refractivity contribution in [3.8, 4) is 5.75 Å². The van der Waals surface area contributed by atoms with E-state index < -0.39 is 0 Å². The molecule has 0 aliphatic carbocycles. The van der Waals surface area contributed by atoms with Crippen LogP contribution in [0.3, 0.4) is 0 Å². The lowest BCUT2D eigenvalue weighted by Crippen LogP contribution is -2.14. The Kier molecular flexibility index (Phi) is 6.19. The molecule has 0 aliphatic rings. The molecule has 0 aromatic heterocycles. The molecule has 0 aliphatic heterocycles. The van der Waals surface area contributed by atoms with E-state index in [9.17, 15) is 0 Å². The van der Waals surface area contributed by atoms with Gasteiger partial charge in [0.2, 0.25) is 0 Å². The SMILES string of the molecule is CCC(C)(C)c1ccc(N=Cc2ccc(OCC(C)C)cc2)cc1. The van der Waals surface area contributed by atoms with Crippen molar-refractivity contribution in [2.45, 2.75) is 46.5 Å². The Balaban J connectivity index is 2.00. The summed E-state index contributed by atoms with van der Waals surface area (Å²) in [5.74, 6) is 1.44. The molecular weight excluding hydrogens is 294 g/mol. The molecule has 0 heterocycles. The molecule has 2 aromatic rings. The Bertz CT molecular complexity index is 651. The van der Waals surface area contributed by atoms with E-state index >= 15 is 0 Å². The van der Waals surface area contributed by atoms with Crippen LogP contribution in [-0.4, -0.2) is 12.8 Å². The number of hydrogen-bond acceptors (Lipinski definition) is 2. The van der Waals surface area contributed by atoms with Crippen LogP contribution < -0.4 is 4.74 Å². The van der Waals surface area contributed by atoms with Gasteiger partial charge in [0.25, 0.3) is 0 Å². The fourth-order valence-corrected chi connectivity index (χ4v) is 2.26. The second-order valence-electron chi connectivity index (χ2n) is 7.32. The molecule has 2 aromatic carbocycles. The van der Waals surface area contributed by atoms with E-state index in [1.54, 1.807) is 0 Å². The number of nitrogens with zero attached hydrogens (tertiary/aromatic N) is 1. The van der Waals surface area contributed by atoms with Crippen molar-refractivity contribution in [3.63, 3.8) is 0 Å². The molecule has 0 atom stereocenters. The molecule has 0 fully saturated rings. The molecule has 2 rings (SSSR count). The van der Waals surface area contributed by atoms with E-state index in [0.717, 1.165) is 30.0 Å². The van der Waals surface area contributed by atoms with Gasteiger partial charge in [0.05, 0.1) is 12.3 Å². The maximum absolute atomic E-state index is 5.70. The maximum atomic E-state index is 5.70. The van der Waals surface area contributed by atoms with Gasteiger partial charge < -0.3 is 4.74 Å². The van der Waals surface area contributed by atoms with Crippen LogP contribution in [0.4, 0.5) is 5.69 Å². The second kappa shape index (κ2) is 8.14. The lowest BCUT2D eigenvalue weighted by Gasteiger charge is -2.23. The van der Waals surface area contributed by atoms with Crippen molar-refractivity contribution in [2.24, 2.45) is 10.9 Å². The van der Waals surface area contributed by atoms with Gasteiger partial charge in [0, 0.05) is 6.21 Å². The van der Waals surface area contributed by atoms with Gasteiger partial charge in [0.15, 0.2) is 0 Å². The zero-order valence-corrected chi connectivity index (χ0v) is 15.5. The van der Waals surface area contributed by atoms with Gasteiger partial charge >= 0.3 is 0 Å². The molecule has 0 unspecified atom stereocenters. The van der Waals surface area contributed by atoms with E-state index in [1.165, 1.54) is 5.56 Å². The summed E-state index contributed by atoms with van der Waals surface area (Å²) in [6.07, 6.45) is 3.02. The first-order valence-corrected chi connectivity index (χ1v) is 8.78. The van der Waals surface area contributed by atoms with E-state index in [4.69, 9.17) is 4.74 Å². The smallest absolute Gasteiger partial charge is 0.119 e. The maximum Gasteiger partial charge on any atom is 0.119 e. The third-order valence-electron chi connectivity index (χ3n) is 4.36. The molecule has 2 heteroatoms. The summed E-state index contributed by atoms with van der Waals surface area (Å²) in [4.78, 5) is 4.56. The van der Waals surface area contributed by atoms with Crippen LogP contribution in [0.5, 0.6) is 5.75 Å². The van der Waals surface area contributed by atoms with Crippen molar-refractivity contribution in [1.82, 2.24) is 0 Å². The van der Waals surface area contributed by atoms with Gasteiger partial charge in [-0.2, -0.15) is 0 Å². The Morgan fingerprint density at radius 3 is 2.17 bits per heavy atom. The summed E-state index contributed by atoms with van der Waals surface area (Å²) >= 11 is 0. The van der Waals surface area contributed by atoms with Gasteiger partial charge in [-0.15, -0.1) is 0 Å². The van der Waals surface area contributed by atoms with E-state index in [2.05, 4.69) is 63.9 Å². The lowest BCUT2D eigenvalue weighted by atomic mass is 9.82. The van der Waals surface area contributed by atoms with Crippen LogP contribution >= 0.6 is 0 Å². The minimum absolute atomic E-state index is 0.216. The summed E-state index contributed by atoms with van der Waals surface area (Å²) in [6, 6.07) is 16.6. The molecule has 0 N–H and O–H groups in total. The summed E-state index contributed by atoms with van der Waals surface area (Å²) in [5, 5.41) is 0. The van der Waals surface area contributed by atoms with Crippen molar-refractivity contribution in [2.75, 3.05) is 6.61 Å². The number of aliphatic imine (C=N–C) groups is 1. The Labute approximate surface area is 146 Å². The van der Waals surface area contributed by atoms with Crippen molar-refractivity contribution < 1.29 is 4.74 Å². The topological polar surface area (TPSA) is 21.6 Å². The highest BCUT2D eigenvalue weighted by Gasteiger charge is 2.17. The molecule has 0 saturated carbocycles. The summed E-state index contributed by atoms with van der Waals surface area (Å²) < 4.78 is 5.70. The third-order valence-corrected chi connectivity index (χ3v) is 4.36. The van der Waals surface area contributed by atoms with E-state index in [0.29, 0.717) is 5.92 Å². The van der Waals surface area contributed by atoms with Crippen molar-refractivity contribution in [1.29, 1.82) is 0 Å². The summed E-state index contributed by atoms with van der Waals surface area (Å²) in [5.41, 5.74) is 3.62. The molecule has 0 saturated heterocycles. The molecule has 0 radical (unpaired) electrons. The predicted octanol–water partition coefficient (Wildman–Crippen LogP) is 6.16. The monoisotopic (exact) mass is 323 g/mol. The van der Waals surface area contributed by atoms with Gasteiger partial charge in [-0.05, 0) is 65.3 Å². The van der Waals surface area contributed by atoms with Crippen LogP contribution in [0.1, 0.15) is 52.2 Å². The zero-order chi connectivity index (χ0) is 17.6. The van der Waals surface area contributed by atoms with Crippen LogP contribution in [-0.2, 0) is 5.41 Å². The van der Waals surface area contributed by atoms with Gasteiger partial charge in [-0.3, -0.25) is 4.99 Å². The molecular formula is C22H29NO. The van der Waals surface area contributed by atoms with Crippen LogP contribution in [0, 0.1) is 5.92 Å². The molecule has 24 heavy (non-hydrogen) atoms. The zero-order valence-electron chi connectivity index (χ0n) is 15.5. The lowest BCUT2D eigenvalue weighted by molar-refractivity contribution is 0.271. The van der Waals surface area contributed by atoms with Crippen molar-refractivity contribution >= 4 is 11.9 Å². The molecule has 128 valence electrons. The van der Waals surface area contributed by atoms with Gasteiger partial charge in [-0.1, -0.05) is 46.8 Å². The summed E-state index contributed by atoms with van der Waals surface area (Å²) in [7, 11) is 0. The first kappa shape index (κ1) is 18.3. The van der Waals surface area contributed by atoms with E-state index in [-0.39, 0.29) is 5.41 Å². The molecule has 2 nitrogen and oxygen atoms in total. The average Bonchev–Trinajstić information content (AvgIpc) is 2.59. The minimum Gasteiger partial charge on any atom is -0.493 e. The Hall–Kier alpha value is -2.09. The quantitative estimate of drug-likeness (QED) is 0.559. The van der Waals surface area contributed by atoms with Crippen molar-refractivity contribution in [3.05, 3.63) is 59.7 Å². The number of ether oxygens (including phenoxy) is 1. The van der Waals surface area contributed by atoms with Crippen LogP contribution in [0.15, 0.2) is 53.5 Å². The predicted molar refractivity (Wildman–Crippen MR) is 104 cm³/mol. The number of hydrogen-bond donors (Lipinski definition) is 0. The fraction of sp³-hybridized carbons (Fsp3) is 0.409. The first-order valence-electron chi connectivity index (χ1n) is 8.78. The highest BCUT2D eigenvalue weighted by Crippen LogP contribution is 2.28. The highest BCUT2D eigenvalue weighted by molar-refractivity contribution is 5.82. The molecule has 0 spiro atoms. The second-order valence-corrected chi connectivity index (χ2v) is 7.32. The van der Waals surface area contributed by atoms with Gasteiger partial charge in [-0.25, -0.2) is 0 Å². The first-order chi connectivity index (χ1) is 11.4. The van der Waals surface area contributed by atoms with Crippen LogP contribution in [0.25, 0.3) is 0 Å². The average molecular weight is 323 g/mol. The Morgan fingerprint density at radius 1 is 1.00 bits per heavy atom. The molecule has 0 amide bonds. The summed E-state index contributed by atoms with van der Waals surface area (Å²) in [6.45, 7) is 11.8. The largest absolute Gasteiger partial charge is 0.493 e. The fourth-order valence-electron chi connectivity index (χ4n) is 2.26. The van der Waals surface area contributed by atoms with Crippen LogP contribution in [0.2, 0.25) is 0 Å². The minimum atomic E-state index is 0.216.